The molecule has 2 aliphatic rings. The Bertz CT molecular complexity index is 809. The maximum absolute atomic E-state index is 12.7. The fourth-order valence-corrected chi connectivity index (χ4v) is 4.57. The van der Waals surface area contributed by atoms with Crippen molar-refractivity contribution in [1.29, 1.82) is 0 Å². The van der Waals surface area contributed by atoms with Gasteiger partial charge < -0.3 is 14.8 Å². The molecule has 1 aliphatic carbocycles. The number of carbonyl (C=O) groups is 1. The summed E-state index contributed by atoms with van der Waals surface area (Å²) in [5, 5.41) is 3.30. The minimum Gasteiger partial charge on any atom is -0.497 e. The maximum Gasteiger partial charge on any atom is 0.220 e. The van der Waals surface area contributed by atoms with Gasteiger partial charge >= 0.3 is 0 Å². The molecular weight excluding hydrogens is 350 g/mol. The van der Waals surface area contributed by atoms with Gasteiger partial charge in [0.05, 0.1) is 13.2 Å². The number of fused-ring (bicyclic) bond motifs is 1. The third-order valence-corrected chi connectivity index (χ3v) is 6.10. The summed E-state index contributed by atoms with van der Waals surface area (Å²) in [6.45, 7) is 0. The zero-order valence-corrected chi connectivity index (χ0v) is 16.6. The monoisotopic (exact) mass is 379 g/mol. The lowest BCUT2D eigenvalue weighted by Gasteiger charge is -2.44. The van der Waals surface area contributed by atoms with Crippen molar-refractivity contribution in [1.82, 2.24) is 5.32 Å². The van der Waals surface area contributed by atoms with Crippen LogP contribution < -0.4 is 14.8 Å². The molecule has 1 aliphatic heterocycles. The van der Waals surface area contributed by atoms with E-state index in [0.29, 0.717) is 6.42 Å². The molecule has 0 saturated heterocycles. The van der Waals surface area contributed by atoms with E-state index in [-0.39, 0.29) is 17.6 Å². The van der Waals surface area contributed by atoms with Crippen LogP contribution in [0.1, 0.15) is 62.1 Å². The third-order valence-electron chi connectivity index (χ3n) is 6.10. The lowest BCUT2D eigenvalue weighted by atomic mass is 9.77. The van der Waals surface area contributed by atoms with Gasteiger partial charge in [-0.05, 0) is 55.9 Å². The Morgan fingerprint density at radius 1 is 1.11 bits per heavy atom. The quantitative estimate of drug-likeness (QED) is 0.798. The van der Waals surface area contributed by atoms with Gasteiger partial charge in [-0.2, -0.15) is 0 Å². The van der Waals surface area contributed by atoms with E-state index in [0.717, 1.165) is 48.3 Å². The largest absolute Gasteiger partial charge is 0.497 e. The molecule has 1 heterocycles. The van der Waals surface area contributed by atoms with Crippen LogP contribution >= 0.6 is 0 Å². The Morgan fingerprint density at radius 3 is 2.61 bits per heavy atom. The minimum absolute atomic E-state index is 0.0337. The molecule has 28 heavy (non-hydrogen) atoms. The highest BCUT2D eigenvalue weighted by Crippen LogP contribution is 2.46. The zero-order valence-electron chi connectivity index (χ0n) is 16.6. The van der Waals surface area contributed by atoms with Crippen molar-refractivity contribution >= 4 is 5.91 Å². The highest BCUT2D eigenvalue weighted by Gasteiger charge is 2.42. The van der Waals surface area contributed by atoms with Crippen LogP contribution in [0.25, 0.3) is 0 Å². The number of nitrogens with one attached hydrogen (secondary N) is 1. The van der Waals surface area contributed by atoms with E-state index >= 15 is 0 Å². The van der Waals surface area contributed by atoms with Crippen LogP contribution in [-0.4, -0.2) is 18.6 Å². The number of carbonyl (C=O) groups excluding carboxylic acids is 1. The van der Waals surface area contributed by atoms with Crippen LogP contribution in [0.4, 0.5) is 0 Å². The number of hydrogen-bond acceptors (Lipinski definition) is 3. The molecule has 0 bridgehead atoms. The first-order chi connectivity index (χ1) is 13.7. The lowest BCUT2D eigenvalue weighted by Crippen LogP contribution is -2.46. The first-order valence-electron chi connectivity index (χ1n) is 10.4. The van der Waals surface area contributed by atoms with E-state index in [4.69, 9.17) is 9.47 Å². The molecule has 2 aromatic carbocycles. The number of para-hydroxylation sites is 1. The van der Waals surface area contributed by atoms with E-state index in [1.165, 1.54) is 19.3 Å². The molecule has 0 radical (unpaired) electrons. The topological polar surface area (TPSA) is 47.6 Å². The van der Waals surface area contributed by atoms with Gasteiger partial charge in [0.2, 0.25) is 5.91 Å². The fourth-order valence-electron chi connectivity index (χ4n) is 4.57. The van der Waals surface area contributed by atoms with Crippen molar-refractivity contribution in [3.63, 3.8) is 0 Å². The number of aryl methyl sites for hydroxylation is 1. The van der Waals surface area contributed by atoms with Gasteiger partial charge in [0, 0.05) is 18.4 Å². The Balaban J connectivity index is 1.42. The van der Waals surface area contributed by atoms with E-state index < -0.39 is 0 Å². The second kappa shape index (κ2) is 8.26. The molecule has 148 valence electrons. The molecule has 0 aromatic heterocycles. The molecule has 4 rings (SSSR count). The molecule has 1 saturated carbocycles. The highest BCUT2D eigenvalue weighted by atomic mass is 16.5. The lowest BCUT2D eigenvalue weighted by molar-refractivity contribution is -0.122. The summed E-state index contributed by atoms with van der Waals surface area (Å²) < 4.78 is 11.7. The van der Waals surface area contributed by atoms with Crippen LogP contribution in [0, 0.1) is 0 Å². The Labute approximate surface area is 167 Å². The summed E-state index contributed by atoms with van der Waals surface area (Å²) >= 11 is 0. The summed E-state index contributed by atoms with van der Waals surface area (Å²) in [5.41, 5.74) is 2.14. The summed E-state index contributed by atoms with van der Waals surface area (Å²) in [5.74, 6) is 1.88. The Kier molecular flexibility index (Phi) is 5.56. The number of hydrogen-bond donors (Lipinski definition) is 1. The molecule has 4 nitrogen and oxygen atoms in total. The van der Waals surface area contributed by atoms with Crippen LogP contribution in [0.2, 0.25) is 0 Å². The predicted octanol–water partition coefficient (Wildman–Crippen LogP) is 4.97. The first kappa shape index (κ1) is 18.9. The van der Waals surface area contributed by atoms with Gasteiger partial charge in [0.25, 0.3) is 0 Å². The van der Waals surface area contributed by atoms with Gasteiger partial charge in [-0.15, -0.1) is 0 Å². The van der Waals surface area contributed by atoms with Crippen molar-refractivity contribution in [2.24, 2.45) is 0 Å². The smallest absolute Gasteiger partial charge is 0.220 e. The summed E-state index contributed by atoms with van der Waals surface area (Å²) in [6.07, 6.45) is 7.95. The Hall–Kier alpha value is -2.49. The average molecular weight is 380 g/mol. The summed E-state index contributed by atoms with van der Waals surface area (Å²) in [4.78, 5) is 12.7. The SMILES string of the molecule is COc1ccc(CCC(=O)N[C@@H]2CC3(CCCCC3)Oc3ccccc32)cc1. The molecule has 1 atom stereocenters. The molecule has 1 N–H and O–H groups in total. The maximum atomic E-state index is 12.7. The normalized spacial score (nSPS) is 20.1. The van der Waals surface area contributed by atoms with Gasteiger partial charge in [0.15, 0.2) is 0 Å². The second-order valence-electron chi connectivity index (χ2n) is 8.06. The molecule has 1 fully saturated rings. The van der Waals surface area contributed by atoms with Crippen LogP contribution in [0.3, 0.4) is 0 Å². The van der Waals surface area contributed by atoms with E-state index in [9.17, 15) is 4.79 Å². The van der Waals surface area contributed by atoms with E-state index in [1.54, 1.807) is 7.11 Å². The molecule has 2 aromatic rings. The standard InChI is InChI=1S/C24H29NO3/c1-27-19-12-9-18(10-13-19)11-14-23(26)25-21-17-24(15-5-2-6-16-24)28-22-8-4-3-7-20(21)22/h3-4,7-10,12-13,21H,2,5-6,11,14-17H2,1H3,(H,25,26)/t21-/m1/s1. The average Bonchev–Trinajstić information content (AvgIpc) is 2.73. The number of benzene rings is 2. The van der Waals surface area contributed by atoms with Crippen LogP contribution in [-0.2, 0) is 11.2 Å². The van der Waals surface area contributed by atoms with Crippen LogP contribution in [0.15, 0.2) is 48.5 Å². The molecule has 4 heteroatoms. The van der Waals surface area contributed by atoms with Crippen molar-refractivity contribution in [2.45, 2.75) is 63.0 Å². The Morgan fingerprint density at radius 2 is 1.86 bits per heavy atom. The zero-order chi connectivity index (χ0) is 19.4. The number of methoxy groups -OCH3 is 1. The second-order valence-corrected chi connectivity index (χ2v) is 8.06. The molecule has 0 unspecified atom stereocenters. The van der Waals surface area contributed by atoms with Gasteiger partial charge in [0.1, 0.15) is 17.1 Å². The summed E-state index contributed by atoms with van der Waals surface area (Å²) in [7, 11) is 1.66. The number of amides is 1. The fraction of sp³-hybridized carbons (Fsp3) is 0.458. The minimum atomic E-state index is -0.111. The number of ether oxygens (including phenoxy) is 2. The van der Waals surface area contributed by atoms with Crippen LogP contribution in [0.5, 0.6) is 11.5 Å². The van der Waals surface area contributed by atoms with Gasteiger partial charge in [-0.1, -0.05) is 36.8 Å². The van der Waals surface area contributed by atoms with Gasteiger partial charge in [-0.3, -0.25) is 4.79 Å². The van der Waals surface area contributed by atoms with E-state index in [1.807, 2.05) is 42.5 Å². The molecule has 1 amide bonds. The number of rotatable bonds is 5. The highest BCUT2D eigenvalue weighted by molar-refractivity contribution is 5.77. The summed E-state index contributed by atoms with van der Waals surface area (Å²) in [6, 6.07) is 16.1. The van der Waals surface area contributed by atoms with Crippen molar-refractivity contribution in [3.8, 4) is 11.5 Å². The van der Waals surface area contributed by atoms with Gasteiger partial charge in [-0.25, -0.2) is 0 Å². The predicted molar refractivity (Wildman–Crippen MR) is 110 cm³/mol. The molecular formula is C24H29NO3. The van der Waals surface area contributed by atoms with Crippen molar-refractivity contribution in [2.75, 3.05) is 7.11 Å². The third kappa shape index (κ3) is 4.16. The first-order valence-corrected chi connectivity index (χ1v) is 10.4. The van der Waals surface area contributed by atoms with Crippen molar-refractivity contribution in [3.05, 3.63) is 59.7 Å². The van der Waals surface area contributed by atoms with E-state index in [2.05, 4.69) is 11.4 Å². The van der Waals surface area contributed by atoms with Crippen molar-refractivity contribution < 1.29 is 14.3 Å². The molecule has 1 spiro atoms.